The van der Waals surface area contributed by atoms with Crippen LogP contribution in [0.2, 0.25) is 5.02 Å². The van der Waals surface area contributed by atoms with Crippen LogP contribution in [-0.4, -0.2) is 23.4 Å². The fourth-order valence-electron chi connectivity index (χ4n) is 4.06. The van der Waals surface area contributed by atoms with Gasteiger partial charge >= 0.3 is 0 Å². The topological polar surface area (TPSA) is 46.3 Å². The van der Waals surface area contributed by atoms with Crippen LogP contribution in [0.15, 0.2) is 42.5 Å². The average Bonchev–Trinajstić information content (AvgIpc) is 2.95. The van der Waals surface area contributed by atoms with Crippen LogP contribution in [0.3, 0.4) is 0 Å². The number of fused-ring (bicyclic) bond motifs is 3. The molecule has 1 amide bonds. The van der Waals surface area contributed by atoms with Crippen LogP contribution >= 0.6 is 11.6 Å². The summed E-state index contributed by atoms with van der Waals surface area (Å²) < 4.78 is 0. The molecule has 4 rings (SSSR count). The van der Waals surface area contributed by atoms with Crippen LogP contribution < -0.4 is 5.73 Å². The number of nitrogen functional groups attached to an aromatic ring is 1. The summed E-state index contributed by atoms with van der Waals surface area (Å²) in [6, 6.07) is 14.0. The lowest BCUT2D eigenvalue weighted by atomic mass is 9.88. The Morgan fingerprint density at radius 1 is 1.22 bits per heavy atom. The molecular weight excluding hydrogens is 308 g/mol. The smallest absolute Gasteiger partial charge is 0.254 e. The lowest BCUT2D eigenvalue weighted by molar-refractivity contribution is 0.0595. The third-order valence-electron chi connectivity index (χ3n) is 5.17. The molecule has 0 aromatic heterocycles. The van der Waals surface area contributed by atoms with Gasteiger partial charge in [-0.2, -0.15) is 0 Å². The van der Waals surface area contributed by atoms with Crippen molar-refractivity contribution < 1.29 is 4.79 Å². The molecule has 0 radical (unpaired) electrons. The van der Waals surface area contributed by atoms with Crippen LogP contribution in [0.25, 0.3) is 0 Å². The second-order valence-electron chi connectivity index (χ2n) is 6.45. The van der Waals surface area contributed by atoms with Gasteiger partial charge in [0.25, 0.3) is 5.91 Å². The van der Waals surface area contributed by atoms with E-state index >= 15 is 0 Å². The number of carbonyl (C=O) groups is 1. The zero-order chi connectivity index (χ0) is 16.0. The number of piperidine rings is 1. The summed E-state index contributed by atoms with van der Waals surface area (Å²) in [6.45, 7) is 0.815. The minimum Gasteiger partial charge on any atom is -0.398 e. The number of benzene rings is 2. The zero-order valence-electron chi connectivity index (χ0n) is 12.8. The first-order valence-electron chi connectivity index (χ1n) is 8.09. The van der Waals surface area contributed by atoms with Crippen molar-refractivity contribution in [2.24, 2.45) is 0 Å². The van der Waals surface area contributed by atoms with Gasteiger partial charge in [-0.1, -0.05) is 35.9 Å². The van der Waals surface area contributed by atoms with Gasteiger partial charge in [-0.3, -0.25) is 4.79 Å². The fourth-order valence-corrected chi connectivity index (χ4v) is 4.24. The number of likely N-dealkylation sites (tertiary alicyclic amines) is 1. The lowest BCUT2D eigenvalue weighted by Crippen LogP contribution is -2.46. The van der Waals surface area contributed by atoms with E-state index in [4.69, 9.17) is 17.3 Å². The minimum absolute atomic E-state index is 0.0643. The maximum Gasteiger partial charge on any atom is 0.254 e. The van der Waals surface area contributed by atoms with E-state index in [-0.39, 0.29) is 11.9 Å². The van der Waals surface area contributed by atoms with Crippen molar-refractivity contribution in [1.82, 2.24) is 4.90 Å². The number of halogens is 1. The highest BCUT2D eigenvalue weighted by Gasteiger charge is 2.40. The molecule has 0 spiro atoms. The molecule has 23 heavy (non-hydrogen) atoms. The molecule has 1 heterocycles. The van der Waals surface area contributed by atoms with Gasteiger partial charge in [-0.25, -0.2) is 0 Å². The van der Waals surface area contributed by atoms with Gasteiger partial charge < -0.3 is 10.6 Å². The number of hydrogen-bond acceptors (Lipinski definition) is 2. The number of nitrogens with zero attached hydrogens (tertiary/aromatic N) is 1. The van der Waals surface area contributed by atoms with Crippen LogP contribution in [0.1, 0.15) is 40.2 Å². The Kier molecular flexibility index (Phi) is 3.53. The Balaban J connectivity index is 1.65. The molecule has 1 aliphatic heterocycles. The van der Waals surface area contributed by atoms with Gasteiger partial charge in [-0.05, 0) is 48.6 Å². The molecule has 1 aliphatic carbocycles. The Labute approximate surface area is 141 Å². The van der Waals surface area contributed by atoms with E-state index in [1.807, 2.05) is 4.90 Å². The molecule has 1 fully saturated rings. The predicted molar refractivity (Wildman–Crippen MR) is 92.8 cm³/mol. The standard InChI is InChI=1S/C19H19ClN2O/c20-16-10-13(7-8-17(16)21)19(23)22-9-3-6-15-14-5-2-1-4-12(14)11-18(15)22/h1-2,4-5,7-8,10,15,18H,3,6,9,11,21H2/t15-,18+/m1/s1. The Bertz CT molecular complexity index is 774. The quantitative estimate of drug-likeness (QED) is 0.809. The van der Waals surface area contributed by atoms with E-state index in [9.17, 15) is 4.79 Å². The monoisotopic (exact) mass is 326 g/mol. The predicted octanol–water partition coefficient (Wildman–Crippen LogP) is 3.87. The highest BCUT2D eigenvalue weighted by atomic mass is 35.5. The number of hydrogen-bond donors (Lipinski definition) is 1. The van der Waals surface area contributed by atoms with Crippen molar-refractivity contribution in [3.63, 3.8) is 0 Å². The van der Waals surface area contributed by atoms with Gasteiger partial charge in [0.1, 0.15) is 0 Å². The number of carbonyl (C=O) groups excluding carboxylic acids is 1. The second kappa shape index (κ2) is 5.57. The second-order valence-corrected chi connectivity index (χ2v) is 6.86. The molecular formula is C19H19ClN2O. The molecule has 2 N–H and O–H groups in total. The van der Waals surface area contributed by atoms with Gasteiger partial charge in [0.2, 0.25) is 0 Å². The molecule has 118 valence electrons. The first-order chi connectivity index (χ1) is 11.1. The normalized spacial score (nSPS) is 22.6. The first-order valence-corrected chi connectivity index (χ1v) is 8.47. The van der Waals surface area contributed by atoms with Crippen molar-refractivity contribution in [2.45, 2.75) is 31.2 Å². The number of rotatable bonds is 1. The Hall–Kier alpha value is -2.00. The Morgan fingerprint density at radius 3 is 2.87 bits per heavy atom. The minimum atomic E-state index is 0.0643. The van der Waals surface area contributed by atoms with Gasteiger partial charge in [0, 0.05) is 24.1 Å². The largest absolute Gasteiger partial charge is 0.398 e. The molecule has 0 unspecified atom stereocenters. The zero-order valence-corrected chi connectivity index (χ0v) is 13.6. The lowest BCUT2D eigenvalue weighted by Gasteiger charge is -2.38. The van der Waals surface area contributed by atoms with E-state index in [1.165, 1.54) is 11.1 Å². The summed E-state index contributed by atoms with van der Waals surface area (Å²) in [5.41, 5.74) is 9.69. The summed E-state index contributed by atoms with van der Waals surface area (Å²) in [4.78, 5) is 15.0. The summed E-state index contributed by atoms with van der Waals surface area (Å²) in [5.74, 6) is 0.530. The van der Waals surface area contributed by atoms with Crippen LogP contribution in [0.4, 0.5) is 5.69 Å². The van der Waals surface area contributed by atoms with Crippen LogP contribution in [0, 0.1) is 0 Å². The van der Waals surface area contributed by atoms with E-state index in [1.54, 1.807) is 18.2 Å². The number of amides is 1. The molecule has 4 heteroatoms. The van der Waals surface area contributed by atoms with Crippen molar-refractivity contribution in [3.05, 3.63) is 64.2 Å². The van der Waals surface area contributed by atoms with Crippen molar-refractivity contribution in [1.29, 1.82) is 0 Å². The highest BCUT2D eigenvalue weighted by Crippen LogP contribution is 2.42. The SMILES string of the molecule is Nc1ccc(C(=O)N2CCC[C@@H]3c4ccccc4C[C@@H]32)cc1Cl. The third-order valence-corrected chi connectivity index (χ3v) is 5.50. The molecule has 2 aliphatic rings. The van der Waals surface area contributed by atoms with E-state index in [2.05, 4.69) is 24.3 Å². The Morgan fingerprint density at radius 2 is 2.04 bits per heavy atom. The van der Waals surface area contributed by atoms with Gasteiger partial charge in [0.15, 0.2) is 0 Å². The van der Waals surface area contributed by atoms with E-state index in [0.717, 1.165) is 25.8 Å². The van der Waals surface area contributed by atoms with Gasteiger partial charge in [-0.15, -0.1) is 0 Å². The van der Waals surface area contributed by atoms with E-state index in [0.29, 0.717) is 22.2 Å². The molecule has 2 aromatic carbocycles. The number of nitrogens with two attached hydrogens (primary N) is 1. The summed E-state index contributed by atoms with van der Waals surface area (Å²) in [6.07, 6.45) is 3.16. The molecule has 0 bridgehead atoms. The first kappa shape index (κ1) is 14.6. The molecule has 1 saturated heterocycles. The summed E-state index contributed by atoms with van der Waals surface area (Å²) in [7, 11) is 0. The molecule has 2 aromatic rings. The molecule has 0 saturated carbocycles. The number of anilines is 1. The van der Waals surface area contributed by atoms with Crippen molar-refractivity contribution >= 4 is 23.2 Å². The third kappa shape index (κ3) is 2.40. The highest BCUT2D eigenvalue weighted by molar-refractivity contribution is 6.33. The van der Waals surface area contributed by atoms with Gasteiger partial charge in [0.05, 0.1) is 10.7 Å². The van der Waals surface area contributed by atoms with Crippen LogP contribution in [-0.2, 0) is 6.42 Å². The van der Waals surface area contributed by atoms with Crippen molar-refractivity contribution in [2.75, 3.05) is 12.3 Å². The average molecular weight is 327 g/mol. The fraction of sp³-hybridized carbons (Fsp3) is 0.316. The summed E-state index contributed by atoms with van der Waals surface area (Å²) in [5, 5.41) is 0.444. The van der Waals surface area contributed by atoms with E-state index < -0.39 is 0 Å². The molecule has 2 atom stereocenters. The maximum absolute atomic E-state index is 13.0. The van der Waals surface area contributed by atoms with Crippen molar-refractivity contribution in [3.8, 4) is 0 Å². The summed E-state index contributed by atoms with van der Waals surface area (Å²) >= 11 is 6.09. The molecule has 3 nitrogen and oxygen atoms in total. The van der Waals surface area contributed by atoms with Crippen LogP contribution in [0.5, 0.6) is 0 Å². The maximum atomic E-state index is 13.0.